The Morgan fingerprint density at radius 1 is 1.09 bits per heavy atom. The number of β-amino-alcohol motifs (C(OH)–C–C–N with tert-alkyl or cyclic N) is 1. The SMILES string of the molecule is Cn1nc(C(=O)N2CC[C@@H](Oc3cccc4cnccc34)[C@H](O)C2)c2ccccc2c1=O. The molecule has 0 saturated carbocycles. The van der Waals surface area contributed by atoms with Crippen molar-refractivity contribution in [2.24, 2.45) is 7.05 Å². The molecule has 3 heterocycles. The smallest absolute Gasteiger partial charge is 0.275 e. The number of hydrogen-bond acceptors (Lipinski definition) is 6. The van der Waals surface area contributed by atoms with Crippen LogP contribution < -0.4 is 10.3 Å². The molecule has 2 atom stereocenters. The number of ether oxygens (including phenoxy) is 1. The predicted octanol–water partition coefficient (Wildman–Crippen LogP) is 2.14. The summed E-state index contributed by atoms with van der Waals surface area (Å²) >= 11 is 0. The summed E-state index contributed by atoms with van der Waals surface area (Å²) in [6.07, 6.45) is 2.64. The lowest BCUT2D eigenvalue weighted by molar-refractivity contribution is -0.0194. The molecule has 1 amide bonds. The molecule has 1 N–H and O–H groups in total. The van der Waals surface area contributed by atoms with Gasteiger partial charge in [0.1, 0.15) is 18.0 Å². The number of hydrogen-bond donors (Lipinski definition) is 1. The quantitative estimate of drug-likeness (QED) is 0.535. The van der Waals surface area contributed by atoms with E-state index in [1.54, 1.807) is 41.6 Å². The summed E-state index contributed by atoms with van der Waals surface area (Å²) in [7, 11) is 1.53. The van der Waals surface area contributed by atoms with Crippen molar-refractivity contribution in [3.8, 4) is 5.75 Å². The number of piperidine rings is 1. The van der Waals surface area contributed by atoms with Gasteiger partial charge in [0, 0.05) is 48.6 Å². The van der Waals surface area contributed by atoms with Gasteiger partial charge in [-0.05, 0) is 18.2 Å². The average molecular weight is 430 g/mol. The van der Waals surface area contributed by atoms with E-state index >= 15 is 0 Å². The number of aliphatic hydroxyl groups excluding tert-OH is 1. The maximum absolute atomic E-state index is 13.3. The number of fused-ring (bicyclic) bond motifs is 2. The van der Waals surface area contributed by atoms with Crippen molar-refractivity contribution in [2.45, 2.75) is 18.6 Å². The van der Waals surface area contributed by atoms with Crippen LogP contribution in [0.1, 0.15) is 16.9 Å². The topological polar surface area (TPSA) is 97.6 Å². The molecule has 1 aliphatic heterocycles. The van der Waals surface area contributed by atoms with Gasteiger partial charge in [0.25, 0.3) is 11.5 Å². The molecule has 5 rings (SSSR count). The lowest BCUT2D eigenvalue weighted by atomic mass is 10.0. The molecule has 0 unspecified atom stereocenters. The molecule has 8 heteroatoms. The number of aliphatic hydroxyl groups is 1. The Morgan fingerprint density at radius 2 is 1.91 bits per heavy atom. The summed E-state index contributed by atoms with van der Waals surface area (Å²) in [5, 5.41) is 17.8. The number of rotatable bonds is 3. The number of nitrogens with zero attached hydrogens (tertiary/aromatic N) is 4. The number of aromatic nitrogens is 3. The number of aryl methyl sites for hydroxylation is 1. The summed E-state index contributed by atoms with van der Waals surface area (Å²) < 4.78 is 7.32. The first kappa shape index (κ1) is 20.1. The lowest BCUT2D eigenvalue weighted by Crippen LogP contribution is -2.51. The molecule has 0 spiro atoms. The molecule has 32 heavy (non-hydrogen) atoms. The number of carbonyl (C=O) groups is 1. The summed E-state index contributed by atoms with van der Waals surface area (Å²) in [4.78, 5) is 31.3. The fraction of sp³-hybridized carbons (Fsp3) is 0.250. The molecule has 4 aromatic rings. The third kappa shape index (κ3) is 3.48. The van der Waals surface area contributed by atoms with Gasteiger partial charge < -0.3 is 14.7 Å². The Hall–Kier alpha value is -3.78. The van der Waals surface area contributed by atoms with Gasteiger partial charge in [-0.2, -0.15) is 5.10 Å². The van der Waals surface area contributed by atoms with Crippen molar-refractivity contribution in [3.05, 3.63) is 77.0 Å². The summed E-state index contributed by atoms with van der Waals surface area (Å²) in [5.74, 6) is 0.366. The Bertz CT molecular complexity index is 1380. The summed E-state index contributed by atoms with van der Waals surface area (Å²) in [6, 6.07) is 14.5. The first-order valence-electron chi connectivity index (χ1n) is 10.5. The van der Waals surface area contributed by atoms with E-state index in [1.807, 2.05) is 24.3 Å². The van der Waals surface area contributed by atoms with Crippen LogP contribution in [0.15, 0.2) is 65.7 Å². The second kappa shape index (κ2) is 8.05. The molecule has 0 aliphatic carbocycles. The van der Waals surface area contributed by atoms with Crippen molar-refractivity contribution >= 4 is 27.5 Å². The maximum atomic E-state index is 13.3. The standard InChI is InChI=1S/C24H22N4O4/c1-27-23(30)18-7-3-2-6-17(18)22(26-27)24(31)28-12-10-21(19(29)14-28)32-20-8-4-5-15-13-25-11-9-16(15)20/h2-9,11,13,19,21,29H,10,12,14H2,1H3/t19-,21-/m1/s1. The van der Waals surface area contributed by atoms with Crippen LogP contribution in [0.4, 0.5) is 0 Å². The van der Waals surface area contributed by atoms with E-state index < -0.39 is 12.2 Å². The van der Waals surface area contributed by atoms with Crippen LogP contribution in [0.2, 0.25) is 0 Å². The van der Waals surface area contributed by atoms with Crippen molar-refractivity contribution < 1.29 is 14.6 Å². The minimum atomic E-state index is -0.858. The lowest BCUT2D eigenvalue weighted by Gasteiger charge is -2.36. The minimum Gasteiger partial charge on any atom is -0.487 e. The van der Waals surface area contributed by atoms with Gasteiger partial charge in [0.05, 0.1) is 11.9 Å². The fourth-order valence-electron chi connectivity index (χ4n) is 4.20. The third-order valence-corrected chi connectivity index (χ3v) is 5.89. The molecule has 2 aromatic heterocycles. The zero-order chi connectivity index (χ0) is 22.2. The Balaban J connectivity index is 1.37. The zero-order valence-electron chi connectivity index (χ0n) is 17.5. The monoisotopic (exact) mass is 430 g/mol. The van der Waals surface area contributed by atoms with Crippen molar-refractivity contribution in [3.63, 3.8) is 0 Å². The van der Waals surface area contributed by atoms with Crippen LogP contribution in [0.3, 0.4) is 0 Å². The molecule has 8 nitrogen and oxygen atoms in total. The number of pyridine rings is 1. The second-order valence-corrected chi connectivity index (χ2v) is 7.94. The minimum absolute atomic E-state index is 0.120. The Kier molecular flexibility index (Phi) is 5.07. The molecule has 0 radical (unpaired) electrons. The van der Waals surface area contributed by atoms with Crippen LogP contribution in [-0.4, -0.2) is 56.0 Å². The van der Waals surface area contributed by atoms with Gasteiger partial charge in [-0.3, -0.25) is 14.6 Å². The molecule has 1 saturated heterocycles. The Morgan fingerprint density at radius 3 is 2.72 bits per heavy atom. The number of likely N-dealkylation sites (tertiary alicyclic amines) is 1. The van der Waals surface area contributed by atoms with E-state index in [2.05, 4.69) is 10.1 Å². The number of benzene rings is 2. The normalized spacial score (nSPS) is 18.8. The number of carbonyl (C=O) groups excluding carboxylic acids is 1. The van der Waals surface area contributed by atoms with E-state index in [1.165, 1.54) is 11.7 Å². The average Bonchev–Trinajstić information content (AvgIpc) is 2.82. The van der Waals surface area contributed by atoms with Crippen molar-refractivity contribution in [1.29, 1.82) is 0 Å². The van der Waals surface area contributed by atoms with Gasteiger partial charge in [-0.1, -0.05) is 30.3 Å². The summed E-state index contributed by atoms with van der Waals surface area (Å²) in [6.45, 7) is 0.528. The molecule has 1 aliphatic rings. The highest BCUT2D eigenvalue weighted by atomic mass is 16.5. The van der Waals surface area contributed by atoms with Crippen LogP contribution in [0.25, 0.3) is 21.5 Å². The first-order chi connectivity index (χ1) is 15.5. The van der Waals surface area contributed by atoms with Gasteiger partial charge in [0.15, 0.2) is 5.69 Å². The second-order valence-electron chi connectivity index (χ2n) is 7.94. The third-order valence-electron chi connectivity index (χ3n) is 5.89. The van der Waals surface area contributed by atoms with Crippen LogP contribution in [-0.2, 0) is 7.05 Å². The summed E-state index contributed by atoms with van der Waals surface area (Å²) in [5.41, 5.74) is -0.0506. The Labute approximate surface area is 183 Å². The number of amides is 1. The highest BCUT2D eigenvalue weighted by molar-refractivity contribution is 6.04. The van der Waals surface area contributed by atoms with Crippen molar-refractivity contribution in [2.75, 3.05) is 13.1 Å². The molecule has 162 valence electrons. The largest absolute Gasteiger partial charge is 0.487 e. The van der Waals surface area contributed by atoms with Gasteiger partial charge >= 0.3 is 0 Å². The van der Waals surface area contributed by atoms with Gasteiger partial charge in [0.2, 0.25) is 0 Å². The zero-order valence-corrected chi connectivity index (χ0v) is 17.5. The molecule has 2 aromatic carbocycles. The van der Waals surface area contributed by atoms with Gasteiger partial charge in [-0.15, -0.1) is 0 Å². The maximum Gasteiger partial charge on any atom is 0.275 e. The highest BCUT2D eigenvalue weighted by Crippen LogP contribution is 2.28. The predicted molar refractivity (Wildman–Crippen MR) is 120 cm³/mol. The fourth-order valence-corrected chi connectivity index (χ4v) is 4.20. The van der Waals surface area contributed by atoms with Gasteiger partial charge in [-0.25, -0.2) is 4.68 Å². The van der Waals surface area contributed by atoms with E-state index in [4.69, 9.17) is 4.74 Å². The van der Waals surface area contributed by atoms with Crippen molar-refractivity contribution in [1.82, 2.24) is 19.7 Å². The molecule has 1 fully saturated rings. The van der Waals surface area contributed by atoms with E-state index in [-0.39, 0.29) is 23.7 Å². The van der Waals surface area contributed by atoms with E-state index in [0.29, 0.717) is 29.5 Å². The van der Waals surface area contributed by atoms with Crippen LogP contribution in [0, 0.1) is 0 Å². The highest BCUT2D eigenvalue weighted by Gasteiger charge is 2.33. The van der Waals surface area contributed by atoms with Crippen LogP contribution >= 0.6 is 0 Å². The molecular formula is C24H22N4O4. The molecular weight excluding hydrogens is 408 g/mol. The van der Waals surface area contributed by atoms with E-state index in [0.717, 1.165) is 10.8 Å². The first-order valence-corrected chi connectivity index (χ1v) is 10.5. The van der Waals surface area contributed by atoms with Crippen LogP contribution in [0.5, 0.6) is 5.75 Å². The van der Waals surface area contributed by atoms with E-state index in [9.17, 15) is 14.7 Å². The molecule has 0 bridgehead atoms.